The minimum absolute atomic E-state index is 0.121. The summed E-state index contributed by atoms with van der Waals surface area (Å²) in [6.45, 7) is 11.4. The number of hydrogen-bond donors (Lipinski definition) is 2. The van der Waals surface area contributed by atoms with Crippen molar-refractivity contribution in [3.63, 3.8) is 0 Å². The summed E-state index contributed by atoms with van der Waals surface area (Å²) in [5, 5.41) is 12.5. The summed E-state index contributed by atoms with van der Waals surface area (Å²) in [7, 11) is 0. The van der Waals surface area contributed by atoms with Crippen LogP contribution in [0.2, 0.25) is 0 Å². The van der Waals surface area contributed by atoms with Gasteiger partial charge < -0.3 is 10.4 Å². The molecule has 1 heterocycles. The molecule has 0 saturated heterocycles. The van der Waals surface area contributed by atoms with Crippen LogP contribution in [0.25, 0.3) is 0 Å². The summed E-state index contributed by atoms with van der Waals surface area (Å²) >= 11 is 0. The summed E-state index contributed by atoms with van der Waals surface area (Å²) in [5.41, 5.74) is 1.06. The Morgan fingerprint density at radius 1 is 1.29 bits per heavy atom. The zero-order chi connectivity index (χ0) is 17.9. The molecule has 2 rings (SSSR count). The first-order valence-corrected chi connectivity index (χ1v) is 8.91. The number of nitrogens with one attached hydrogen (secondary N) is 1. The average Bonchev–Trinajstić information content (AvgIpc) is 2.47. The van der Waals surface area contributed by atoms with Crippen molar-refractivity contribution in [2.24, 2.45) is 0 Å². The third-order valence-corrected chi connectivity index (χ3v) is 4.60. The molecule has 6 heteroatoms. The molecule has 1 aliphatic carbocycles. The van der Waals surface area contributed by atoms with Gasteiger partial charge in [0.05, 0.1) is 6.54 Å². The first-order chi connectivity index (χ1) is 11.3. The SMILES string of the molecule is CCN(CC(=O)O)C1CC(Nc2cc(C(C)C)nc(C(C)C)n2)C1. The van der Waals surface area contributed by atoms with Gasteiger partial charge in [0.15, 0.2) is 0 Å². The Morgan fingerprint density at radius 3 is 2.46 bits per heavy atom. The van der Waals surface area contributed by atoms with Gasteiger partial charge in [0.2, 0.25) is 0 Å². The van der Waals surface area contributed by atoms with Gasteiger partial charge in [0, 0.05) is 29.8 Å². The molecule has 1 aromatic rings. The molecular weight excluding hydrogens is 304 g/mol. The van der Waals surface area contributed by atoms with Crippen LogP contribution in [-0.4, -0.2) is 51.1 Å². The number of carbonyl (C=O) groups is 1. The largest absolute Gasteiger partial charge is 0.480 e. The topological polar surface area (TPSA) is 78.4 Å². The van der Waals surface area contributed by atoms with E-state index in [4.69, 9.17) is 5.11 Å². The van der Waals surface area contributed by atoms with Crippen molar-refractivity contribution in [1.82, 2.24) is 14.9 Å². The highest BCUT2D eigenvalue weighted by molar-refractivity contribution is 5.69. The number of aromatic nitrogens is 2. The van der Waals surface area contributed by atoms with E-state index in [1.54, 1.807) is 0 Å². The number of carboxylic acid groups (broad SMARTS) is 1. The van der Waals surface area contributed by atoms with Gasteiger partial charge in [0.1, 0.15) is 11.6 Å². The lowest BCUT2D eigenvalue weighted by atomic mass is 9.85. The third kappa shape index (κ3) is 4.66. The number of nitrogens with zero attached hydrogens (tertiary/aromatic N) is 3. The minimum atomic E-state index is -0.757. The predicted octanol–water partition coefficient (Wildman–Crippen LogP) is 3.07. The second kappa shape index (κ2) is 7.92. The van der Waals surface area contributed by atoms with Crippen LogP contribution >= 0.6 is 0 Å². The van der Waals surface area contributed by atoms with Crippen molar-refractivity contribution in [3.05, 3.63) is 17.6 Å². The van der Waals surface area contributed by atoms with E-state index in [0.29, 0.717) is 23.9 Å². The van der Waals surface area contributed by atoms with Gasteiger partial charge >= 0.3 is 5.97 Å². The standard InChI is InChI=1S/C18H30N4O2/c1-6-22(10-17(23)24)14-7-13(8-14)19-16-9-15(11(2)3)20-18(21-16)12(4)5/h9,11-14H,6-8,10H2,1-5H3,(H,23,24)(H,19,20,21). The molecular formula is C18H30N4O2. The fourth-order valence-corrected chi connectivity index (χ4v) is 3.00. The van der Waals surface area contributed by atoms with E-state index in [0.717, 1.165) is 36.7 Å². The molecule has 2 N–H and O–H groups in total. The molecule has 0 radical (unpaired) electrons. The zero-order valence-electron chi connectivity index (χ0n) is 15.4. The van der Waals surface area contributed by atoms with Crippen molar-refractivity contribution < 1.29 is 9.90 Å². The van der Waals surface area contributed by atoms with Crippen LogP contribution in [0.4, 0.5) is 5.82 Å². The molecule has 24 heavy (non-hydrogen) atoms. The van der Waals surface area contributed by atoms with E-state index in [-0.39, 0.29) is 6.54 Å². The number of rotatable bonds is 8. The van der Waals surface area contributed by atoms with Crippen molar-refractivity contribution in [3.8, 4) is 0 Å². The number of anilines is 1. The average molecular weight is 334 g/mol. The highest BCUT2D eigenvalue weighted by atomic mass is 16.4. The molecule has 1 saturated carbocycles. The van der Waals surface area contributed by atoms with Gasteiger partial charge in [-0.05, 0) is 25.3 Å². The second-order valence-corrected chi connectivity index (χ2v) is 7.27. The molecule has 0 bridgehead atoms. The van der Waals surface area contributed by atoms with Crippen molar-refractivity contribution in [2.75, 3.05) is 18.4 Å². The lowest BCUT2D eigenvalue weighted by Gasteiger charge is -2.42. The summed E-state index contributed by atoms with van der Waals surface area (Å²) in [6, 6.07) is 2.74. The fourth-order valence-electron chi connectivity index (χ4n) is 3.00. The van der Waals surface area contributed by atoms with E-state index < -0.39 is 5.97 Å². The highest BCUT2D eigenvalue weighted by Crippen LogP contribution is 2.29. The van der Waals surface area contributed by atoms with E-state index >= 15 is 0 Å². The van der Waals surface area contributed by atoms with E-state index in [1.165, 1.54) is 0 Å². The zero-order valence-corrected chi connectivity index (χ0v) is 15.4. The monoisotopic (exact) mass is 334 g/mol. The van der Waals surface area contributed by atoms with Crippen LogP contribution in [0, 0.1) is 0 Å². The molecule has 1 fully saturated rings. The maximum Gasteiger partial charge on any atom is 0.317 e. The van der Waals surface area contributed by atoms with Crippen molar-refractivity contribution in [2.45, 2.75) is 71.4 Å². The van der Waals surface area contributed by atoms with E-state index in [9.17, 15) is 4.79 Å². The molecule has 1 aromatic heterocycles. The highest BCUT2D eigenvalue weighted by Gasteiger charge is 2.34. The van der Waals surface area contributed by atoms with Crippen molar-refractivity contribution >= 4 is 11.8 Å². The first-order valence-electron chi connectivity index (χ1n) is 8.91. The van der Waals surface area contributed by atoms with Gasteiger partial charge in [-0.1, -0.05) is 34.6 Å². The minimum Gasteiger partial charge on any atom is -0.480 e. The Labute approximate surface area is 144 Å². The second-order valence-electron chi connectivity index (χ2n) is 7.27. The summed E-state index contributed by atoms with van der Waals surface area (Å²) in [5.74, 6) is 1.67. The number of hydrogen-bond acceptors (Lipinski definition) is 5. The van der Waals surface area contributed by atoms with E-state index in [1.807, 2.05) is 17.9 Å². The lowest BCUT2D eigenvalue weighted by molar-refractivity contribution is -0.139. The Hall–Kier alpha value is -1.69. The van der Waals surface area contributed by atoms with Gasteiger partial charge in [-0.15, -0.1) is 0 Å². The molecule has 0 amide bonds. The summed E-state index contributed by atoms with van der Waals surface area (Å²) in [4.78, 5) is 22.2. The Morgan fingerprint density at radius 2 is 1.96 bits per heavy atom. The lowest BCUT2D eigenvalue weighted by Crippen LogP contribution is -2.51. The first kappa shape index (κ1) is 18.6. The molecule has 0 atom stereocenters. The van der Waals surface area contributed by atoms with E-state index in [2.05, 4.69) is 43.0 Å². The van der Waals surface area contributed by atoms with Crippen LogP contribution in [0.3, 0.4) is 0 Å². The Bertz CT molecular complexity index is 542. The Balaban J connectivity index is 1.99. The number of likely N-dealkylation sites (N-methyl/N-ethyl adjacent to an activating group) is 1. The van der Waals surface area contributed by atoms with Crippen LogP contribution in [0.5, 0.6) is 0 Å². The fraction of sp³-hybridized carbons (Fsp3) is 0.722. The quantitative estimate of drug-likeness (QED) is 0.761. The Kier molecular flexibility index (Phi) is 6.15. The number of aliphatic carboxylic acids is 1. The molecule has 0 spiro atoms. The molecule has 0 aliphatic heterocycles. The molecule has 0 aromatic carbocycles. The molecule has 134 valence electrons. The smallest absolute Gasteiger partial charge is 0.317 e. The van der Waals surface area contributed by atoms with Crippen LogP contribution in [-0.2, 0) is 4.79 Å². The molecule has 1 aliphatic rings. The summed E-state index contributed by atoms with van der Waals surface area (Å²) < 4.78 is 0. The molecule has 0 unspecified atom stereocenters. The van der Waals surface area contributed by atoms with Gasteiger partial charge in [-0.25, -0.2) is 9.97 Å². The summed E-state index contributed by atoms with van der Waals surface area (Å²) in [6.07, 6.45) is 1.91. The third-order valence-electron chi connectivity index (χ3n) is 4.60. The van der Waals surface area contributed by atoms with Crippen LogP contribution in [0.1, 0.15) is 70.8 Å². The van der Waals surface area contributed by atoms with Crippen LogP contribution in [0.15, 0.2) is 6.07 Å². The van der Waals surface area contributed by atoms with Gasteiger partial charge in [-0.2, -0.15) is 0 Å². The van der Waals surface area contributed by atoms with Crippen molar-refractivity contribution in [1.29, 1.82) is 0 Å². The molecule has 6 nitrogen and oxygen atoms in total. The maximum absolute atomic E-state index is 10.9. The maximum atomic E-state index is 10.9. The van der Waals surface area contributed by atoms with Crippen LogP contribution < -0.4 is 5.32 Å². The number of carboxylic acids is 1. The van der Waals surface area contributed by atoms with Gasteiger partial charge in [-0.3, -0.25) is 9.69 Å². The predicted molar refractivity (Wildman–Crippen MR) is 95.5 cm³/mol. The van der Waals surface area contributed by atoms with Gasteiger partial charge in [0.25, 0.3) is 0 Å². The normalized spacial score (nSPS) is 20.5.